The summed E-state index contributed by atoms with van der Waals surface area (Å²) in [6, 6.07) is 3.89. The second kappa shape index (κ2) is 8.44. The molecule has 24 heavy (non-hydrogen) atoms. The Labute approximate surface area is 143 Å². The van der Waals surface area contributed by atoms with E-state index in [1.165, 1.54) is 19.3 Å². The van der Waals surface area contributed by atoms with Crippen molar-refractivity contribution in [1.82, 2.24) is 10.3 Å². The van der Waals surface area contributed by atoms with E-state index >= 15 is 0 Å². The van der Waals surface area contributed by atoms with Crippen molar-refractivity contribution in [2.24, 2.45) is 5.92 Å². The van der Waals surface area contributed by atoms with Crippen LogP contribution in [-0.4, -0.2) is 48.4 Å². The summed E-state index contributed by atoms with van der Waals surface area (Å²) < 4.78 is 5.29. The van der Waals surface area contributed by atoms with E-state index in [1.807, 2.05) is 12.1 Å². The number of carbonyl (C=O) groups is 1. The van der Waals surface area contributed by atoms with Crippen LogP contribution in [0.4, 0.5) is 5.82 Å². The highest BCUT2D eigenvalue weighted by Crippen LogP contribution is 2.22. The average molecular weight is 333 g/mol. The van der Waals surface area contributed by atoms with Gasteiger partial charge >= 0.3 is 0 Å². The van der Waals surface area contributed by atoms with E-state index in [9.17, 15) is 9.90 Å². The lowest BCUT2D eigenvalue weighted by Gasteiger charge is -2.29. The molecule has 0 aromatic carbocycles. The molecular weight excluding hydrogens is 306 g/mol. The van der Waals surface area contributed by atoms with Crippen LogP contribution < -0.4 is 10.2 Å². The van der Waals surface area contributed by atoms with Gasteiger partial charge in [-0.2, -0.15) is 0 Å². The highest BCUT2D eigenvalue weighted by atomic mass is 16.5. The van der Waals surface area contributed by atoms with Crippen molar-refractivity contribution >= 4 is 11.7 Å². The summed E-state index contributed by atoms with van der Waals surface area (Å²) in [5, 5.41) is 13.1. The number of pyridine rings is 1. The van der Waals surface area contributed by atoms with Gasteiger partial charge in [0.15, 0.2) is 0 Å². The molecule has 2 saturated heterocycles. The number of hydrogen-bond acceptors (Lipinski definition) is 5. The first-order chi connectivity index (χ1) is 11.8. The molecule has 2 N–H and O–H groups in total. The maximum Gasteiger partial charge on any atom is 0.249 e. The molecule has 1 amide bonds. The third kappa shape index (κ3) is 4.24. The van der Waals surface area contributed by atoms with Crippen molar-refractivity contribution in [3.63, 3.8) is 0 Å². The highest BCUT2D eigenvalue weighted by Gasteiger charge is 2.28. The Morgan fingerprint density at radius 3 is 2.83 bits per heavy atom. The van der Waals surface area contributed by atoms with E-state index in [0.717, 1.165) is 37.3 Å². The Hall–Kier alpha value is -1.66. The van der Waals surface area contributed by atoms with Gasteiger partial charge in [-0.05, 0) is 44.1 Å². The molecule has 2 fully saturated rings. The number of aromatic nitrogens is 1. The maximum absolute atomic E-state index is 12.3. The lowest BCUT2D eigenvalue weighted by Crippen LogP contribution is -2.41. The van der Waals surface area contributed by atoms with Crippen LogP contribution in [-0.2, 0) is 16.1 Å². The predicted molar refractivity (Wildman–Crippen MR) is 91.7 cm³/mol. The van der Waals surface area contributed by atoms with Gasteiger partial charge < -0.3 is 20.1 Å². The van der Waals surface area contributed by atoms with Crippen LogP contribution in [0.1, 0.15) is 37.7 Å². The molecule has 0 spiro atoms. The zero-order valence-electron chi connectivity index (χ0n) is 14.1. The number of aliphatic hydroxyl groups is 1. The van der Waals surface area contributed by atoms with Crippen molar-refractivity contribution in [3.05, 3.63) is 23.9 Å². The van der Waals surface area contributed by atoms with Gasteiger partial charge in [0.05, 0.1) is 0 Å². The molecule has 0 aliphatic carbocycles. The van der Waals surface area contributed by atoms with E-state index in [2.05, 4.69) is 15.2 Å². The Morgan fingerprint density at radius 2 is 2.08 bits per heavy atom. The number of nitrogens with one attached hydrogen (secondary N) is 1. The first-order valence-electron chi connectivity index (χ1n) is 8.98. The lowest BCUT2D eigenvalue weighted by atomic mass is 9.93. The first-order valence-corrected chi connectivity index (χ1v) is 8.98. The Bertz CT molecular complexity index is 540. The molecule has 2 aliphatic rings. The molecular formula is C18H27N3O3. The largest absolute Gasteiger partial charge is 0.383 e. The summed E-state index contributed by atoms with van der Waals surface area (Å²) in [6.07, 6.45) is 5.96. The van der Waals surface area contributed by atoms with Gasteiger partial charge in [-0.25, -0.2) is 4.98 Å². The van der Waals surface area contributed by atoms with Gasteiger partial charge in [0.2, 0.25) is 5.91 Å². The third-order valence-electron chi connectivity index (χ3n) is 4.96. The fourth-order valence-electron chi connectivity index (χ4n) is 3.49. The van der Waals surface area contributed by atoms with E-state index < -0.39 is 6.10 Å². The van der Waals surface area contributed by atoms with Crippen LogP contribution in [0.15, 0.2) is 18.3 Å². The minimum absolute atomic E-state index is 0.00536. The first kappa shape index (κ1) is 17.2. The van der Waals surface area contributed by atoms with E-state index in [-0.39, 0.29) is 11.8 Å². The number of aliphatic hydroxyl groups excluding tert-OH is 1. The van der Waals surface area contributed by atoms with E-state index in [1.54, 1.807) is 6.20 Å². The van der Waals surface area contributed by atoms with Gasteiger partial charge in [-0.15, -0.1) is 0 Å². The number of anilines is 1. The molecule has 3 rings (SSSR count). The lowest BCUT2D eigenvalue weighted by molar-refractivity contribution is -0.134. The zero-order chi connectivity index (χ0) is 16.8. The summed E-state index contributed by atoms with van der Waals surface area (Å²) in [6.45, 7) is 3.68. The molecule has 1 aromatic rings. The number of amides is 1. The number of carbonyl (C=O) groups excluding carboxylic acids is 1. The van der Waals surface area contributed by atoms with Crippen LogP contribution in [0.2, 0.25) is 0 Å². The number of ether oxygens (including phenoxy) is 1. The highest BCUT2D eigenvalue weighted by molar-refractivity contribution is 5.80. The molecule has 1 atom stereocenters. The van der Waals surface area contributed by atoms with Crippen molar-refractivity contribution in [1.29, 1.82) is 0 Å². The molecule has 3 heterocycles. The molecule has 6 nitrogen and oxygen atoms in total. The topological polar surface area (TPSA) is 74.7 Å². The molecule has 1 unspecified atom stereocenters. The summed E-state index contributed by atoms with van der Waals surface area (Å²) in [7, 11) is 0. The molecule has 132 valence electrons. The fourth-order valence-corrected chi connectivity index (χ4v) is 3.49. The third-order valence-corrected chi connectivity index (χ3v) is 4.96. The average Bonchev–Trinajstić information content (AvgIpc) is 2.67. The van der Waals surface area contributed by atoms with Crippen LogP contribution >= 0.6 is 0 Å². The molecule has 6 heteroatoms. The number of nitrogens with zero attached hydrogens (tertiary/aromatic N) is 2. The van der Waals surface area contributed by atoms with Crippen LogP contribution in [0, 0.1) is 5.92 Å². The monoisotopic (exact) mass is 333 g/mol. The standard InChI is InChI=1S/C18H27N3O3/c22-16(14-6-11-24-12-7-14)18(23)20-13-15-5-4-8-19-17(15)21-9-2-1-3-10-21/h4-5,8,14,16,22H,1-3,6-7,9-13H2,(H,20,23). The van der Waals surface area contributed by atoms with Crippen LogP contribution in [0.5, 0.6) is 0 Å². The number of piperidine rings is 1. The summed E-state index contributed by atoms with van der Waals surface area (Å²) in [5.41, 5.74) is 1.01. The normalized spacial score (nSPS) is 20.6. The quantitative estimate of drug-likeness (QED) is 0.854. The van der Waals surface area contributed by atoms with E-state index in [0.29, 0.717) is 19.8 Å². The second-order valence-electron chi connectivity index (χ2n) is 6.65. The Kier molecular flexibility index (Phi) is 6.04. The molecule has 1 aromatic heterocycles. The fraction of sp³-hybridized carbons (Fsp3) is 0.667. The Balaban J connectivity index is 1.58. The predicted octanol–water partition coefficient (Wildman–Crippen LogP) is 1.48. The van der Waals surface area contributed by atoms with Crippen molar-refractivity contribution in [2.45, 2.75) is 44.8 Å². The summed E-state index contributed by atoms with van der Waals surface area (Å²) in [5.74, 6) is 0.655. The number of rotatable bonds is 5. The second-order valence-corrected chi connectivity index (χ2v) is 6.65. The molecule has 0 radical (unpaired) electrons. The Morgan fingerprint density at radius 1 is 1.33 bits per heavy atom. The van der Waals surface area contributed by atoms with Gasteiger partial charge in [0.1, 0.15) is 11.9 Å². The van der Waals surface area contributed by atoms with Gasteiger partial charge in [-0.3, -0.25) is 4.79 Å². The number of hydrogen-bond donors (Lipinski definition) is 2. The smallest absolute Gasteiger partial charge is 0.249 e. The van der Waals surface area contributed by atoms with Crippen molar-refractivity contribution in [2.75, 3.05) is 31.2 Å². The van der Waals surface area contributed by atoms with Gasteiger partial charge in [0.25, 0.3) is 0 Å². The van der Waals surface area contributed by atoms with Crippen LogP contribution in [0.25, 0.3) is 0 Å². The van der Waals surface area contributed by atoms with Crippen molar-refractivity contribution in [3.8, 4) is 0 Å². The molecule has 2 aliphatic heterocycles. The van der Waals surface area contributed by atoms with Crippen molar-refractivity contribution < 1.29 is 14.6 Å². The maximum atomic E-state index is 12.3. The minimum atomic E-state index is -0.955. The van der Waals surface area contributed by atoms with E-state index in [4.69, 9.17) is 4.74 Å². The minimum Gasteiger partial charge on any atom is -0.383 e. The summed E-state index contributed by atoms with van der Waals surface area (Å²) in [4.78, 5) is 19.1. The molecule has 0 bridgehead atoms. The summed E-state index contributed by atoms with van der Waals surface area (Å²) >= 11 is 0. The molecule has 0 saturated carbocycles. The van der Waals surface area contributed by atoms with Gasteiger partial charge in [-0.1, -0.05) is 6.07 Å². The SMILES string of the molecule is O=C(NCc1cccnc1N1CCCCC1)C(O)C1CCOCC1. The van der Waals surface area contributed by atoms with Gasteiger partial charge in [0, 0.05) is 44.6 Å². The van der Waals surface area contributed by atoms with Crippen LogP contribution in [0.3, 0.4) is 0 Å². The zero-order valence-corrected chi connectivity index (χ0v) is 14.1.